The van der Waals surface area contributed by atoms with E-state index in [4.69, 9.17) is 9.47 Å². The molecular weight excluding hydrogens is 326 g/mol. The SMILES string of the molecule is C=C(C)COc1ccc(NC(=O)c2ccc(OCCCCC)cc2)cc1. The number of carbonyl (C=O) groups is 1. The molecule has 0 aliphatic carbocycles. The Balaban J connectivity index is 1.85. The molecule has 0 aromatic heterocycles. The van der Waals surface area contributed by atoms with Gasteiger partial charge in [0.2, 0.25) is 0 Å². The zero-order chi connectivity index (χ0) is 18.8. The lowest BCUT2D eigenvalue weighted by molar-refractivity contribution is 0.102. The standard InChI is InChI=1S/C22H27NO3/c1-4-5-6-15-25-20-11-7-18(8-12-20)22(24)23-19-9-13-21(14-10-19)26-16-17(2)3/h7-14H,2,4-6,15-16H2,1,3H3,(H,23,24). The number of nitrogens with one attached hydrogen (secondary N) is 1. The highest BCUT2D eigenvalue weighted by Gasteiger charge is 2.06. The molecular formula is C22H27NO3. The summed E-state index contributed by atoms with van der Waals surface area (Å²) in [6.07, 6.45) is 3.38. The lowest BCUT2D eigenvalue weighted by atomic mass is 10.2. The third kappa shape index (κ3) is 6.63. The molecule has 2 aromatic rings. The van der Waals surface area contributed by atoms with Crippen LogP contribution in [0.4, 0.5) is 5.69 Å². The molecule has 0 heterocycles. The molecule has 0 atom stereocenters. The summed E-state index contributed by atoms with van der Waals surface area (Å²) in [6, 6.07) is 14.5. The number of carbonyl (C=O) groups excluding carboxylic acids is 1. The number of hydrogen-bond acceptors (Lipinski definition) is 3. The van der Waals surface area contributed by atoms with Crippen LogP contribution in [0.15, 0.2) is 60.7 Å². The van der Waals surface area contributed by atoms with Crippen LogP contribution >= 0.6 is 0 Å². The van der Waals surface area contributed by atoms with Gasteiger partial charge in [0, 0.05) is 11.3 Å². The Hall–Kier alpha value is -2.75. The summed E-state index contributed by atoms with van der Waals surface area (Å²) in [5, 5.41) is 2.88. The molecule has 2 aromatic carbocycles. The van der Waals surface area contributed by atoms with Gasteiger partial charge in [-0.3, -0.25) is 4.79 Å². The van der Waals surface area contributed by atoms with Crippen molar-refractivity contribution in [3.8, 4) is 11.5 Å². The first-order valence-electron chi connectivity index (χ1n) is 9.00. The molecule has 0 aliphatic heterocycles. The monoisotopic (exact) mass is 353 g/mol. The van der Waals surface area contributed by atoms with E-state index in [-0.39, 0.29) is 5.91 Å². The van der Waals surface area contributed by atoms with Crippen molar-refractivity contribution in [1.29, 1.82) is 0 Å². The molecule has 0 radical (unpaired) electrons. The van der Waals surface area contributed by atoms with Gasteiger partial charge in [-0.2, -0.15) is 0 Å². The smallest absolute Gasteiger partial charge is 0.255 e. The summed E-state index contributed by atoms with van der Waals surface area (Å²) in [5.41, 5.74) is 2.27. The average molecular weight is 353 g/mol. The summed E-state index contributed by atoms with van der Waals surface area (Å²) in [5.74, 6) is 1.38. The Morgan fingerprint density at radius 3 is 2.19 bits per heavy atom. The molecule has 0 spiro atoms. The number of ether oxygens (including phenoxy) is 2. The highest BCUT2D eigenvalue weighted by molar-refractivity contribution is 6.04. The van der Waals surface area contributed by atoms with Crippen LogP contribution in [0.5, 0.6) is 11.5 Å². The number of amides is 1. The van der Waals surface area contributed by atoms with Crippen LogP contribution in [0, 0.1) is 0 Å². The second-order valence-electron chi connectivity index (χ2n) is 6.30. The van der Waals surface area contributed by atoms with Crippen LogP contribution in [0.2, 0.25) is 0 Å². The van der Waals surface area contributed by atoms with E-state index < -0.39 is 0 Å². The van der Waals surface area contributed by atoms with Crippen molar-refractivity contribution in [2.75, 3.05) is 18.5 Å². The quantitative estimate of drug-likeness (QED) is 0.455. The first kappa shape index (κ1) is 19.6. The predicted octanol–water partition coefficient (Wildman–Crippen LogP) is 5.46. The van der Waals surface area contributed by atoms with Crippen molar-refractivity contribution in [3.63, 3.8) is 0 Å². The highest BCUT2D eigenvalue weighted by Crippen LogP contribution is 2.18. The van der Waals surface area contributed by atoms with Gasteiger partial charge < -0.3 is 14.8 Å². The Morgan fingerprint density at radius 2 is 1.58 bits per heavy atom. The summed E-state index contributed by atoms with van der Waals surface area (Å²) in [6.45, 7) is 9.07. The normalized spacial score (nSPS) is 10.2. The zero-order valence-electron chi connectivity index (χ0n) is 15.6. The number of rotatable bonds is 10. The minimum absolute atomic E-state index is 0.155. The van der Waals surface area contributed by atoms with Crippen molar-refractivity contribution in [2.24, 2.45) is 0 Å². The summed E-state index contributed by atoms with van der Waals surface area (Å²) in [4.78, 5) is 12.3. The van der Waals surface area contributed by atoms with E-state index in [0.717, 1.165) is 35.6 Å². The first-order valence-corrected chi connectivity index (χ1v) is 9.00. The van der Waals surface area contributed by atoms with E-state index in [1.54, 1.807) is 12.1 Å². The fourth-order valence-corrected chi connectivity index (χ4v) is 2.29. The molecule has 0 bridgehead atoms. The average Bonchev–Trinajstić information content (AvgIpc) is 2.65. The van der Waals surface area contributed by atoms with Gasteiger partial charge in [-0.05, 0) is 67.4 Å². The van der Waals surface area contributed by atoms with E-state index in [9.17, 15) is 4.79 Å². The fourth-order valence-electron chi connectivity index (χ4n) is 2.29. The summed E-state index contributed by atoms with van der Waals surface area (Å²) < 4.78 is 11.2. The Bertz CT molecular complexity index is 705. The van der Waals surface area contributed by atoms with E-state index in [0.29, 0.717) is 18.8 Å². The topological polar surface area (TPSA) is 47.6 Å². The third-order valence-electron chi connectivity index (χ3n) is 3.73. The molecule has 4 heteroatoms. The van der Waals surface area contributed by atoms with Crippen LogP contribution in [-0.4, -0.2) is 19.1 Å². The van der Waals surface area contributed by atoms with Crippen LogP contribution in [-0.2, 0) is 0 Å². The molecule has 1 amide bonds. The number of anilines is 1. The number of hydrogen-bond donors (Lipinski definition) is 1. The van der Waals surface area contributed by atoms with E-state index in [2.05, 4.69) is 18.8 Å². The molecule has 0 aliphatic rings. The van der Waals surface area contributed by atoms with Crippen molar-refractivity contribution < 1.29 is 14.3 Å². The van der Waals surface area contributed by atoms with Crippen LogP contribution in [0.25, 0.3) is 0 Å². The predicted molar refractivity (Wildman–Crippen MR) is 106 cm³/mol. The van der Waals surface area contributed by atoms with E-state index >= 15 is 0 Å². The van der Waals surface area contributed by atoms with Gasteiger partial charge in [0.15, 0.2) is 0 Å². The molecule has 0 saturated heterocycles. The van der Waals surface area contributed by atoms with Crippen molar-refractivity contribution in [3.05, 3.63) is 66.2 Å². The molecule has 2 rings (SSSR count). The Morgan fingerprint density at radius 1 is 0.962 bits per heavy atom. The molecule has 138 valence electrons. The van der Waals surface area contributed by atoms with Crippen LogP contribution < -0.4 is 14.8 Å². The van der Waals surface area contributed by atoms with Gasteiger partial charge in [-0.1, -0.05) is 26.3 Å². The minimum atomic E-state index is -0.155. The van der Waals surface area contributed by atoms with Gasteiger partial charge in [0.1, 0.15) is 18.1 Å². The molecule has 1 N–H and O–H groups in total. The second-order valence-corrected chi connectivity index (χ2v) is 6.30. The maximum atomic E-state index is 12.3. The van der Waals surface area contributed by atoms with Crippen LogP contribution in [0.1, 0.15) is 43.5 Å². The number of unbranched alkanes of at least 4 members (excludes halogenated alkanes) is 2. The van der Waals surface area contributed by atoms with E-state index in [1.165, 1.54) is 6.42 Å². The first-order chi connectivity index (χ1) is 12.6. The van der Waals surface area contributed by atoms with Gasteiger partial charge in [0.05, 0.1) is 6.61 Å². The summed E-state index contributed by atoms with van der Waals surface area (Å²) >= 11 is 0. The minimum Gasteiger partial charge on any atom is -0.494 e. The largest absolute Gasteiger partial charge is 0.494 e. The van der Waals surface area contributed by atoms with Crippen molar-refractivity contribution in [2.45, 2.75) is 33.1 Å². The maximum absolute atomic E-state index is 12.3. The highest BCUT2D eigenvalue weighted by atomic mass is 16.5. The third-order valence-corrected chi connectivity index (χ3v) is 3.73. The molecule has 0 saturated carbocycles. The second kappa shape index (κ2) is 10.3. The van der Waals surface area contributed by atoms with E-state index in [1.807, 2.05) is 43.3 Å². The van der Waals surface area contributed by atoms with Gasteiger partial charge in [-0.15, -0.1) is 0 Å². The lowest BCUT2D eigenvalue weighted by Crippen LogP contribution is -2.11. The lowest BCUT2D eigenvalue weighted by Gasteiger charge is -2.09. The van der Waals surface area contributed by atoms with Crippen molar-refractivity contribution in [1.82, 2.24) is 0 Å². The van der Waals surface area contributed by atoms with Crippen LogP contribution in [0.3, 0.4) is 0 Å². The number of benzene rings is 2. The molecule has 26 heavy (non-hydrogen) atoms. The zero-order valence-corrected chi connectivity index (χ0v) is 15.6. The Labute approximate surface area is 155 Å². The van der Waals surface area contributed by atoms with Crippen molar-refractivity contribution >= 4 is 11.6 Å². The molecule has 0 fully saturated rings. The van der Waals surface area contributed by atoms with Gasteiger partial charge in [0.25, 0.3) is 5.91 Å². The molecule has 0 unspecified atom stereocenters. The molecule has 4 nitrogen and oxygen atoms in total. The fraction of sp³-hybridized carbons (Fsp3) is 0.318. The maximum Gasteiger partial charge on any atom is 0.255 e. The van der Waals surface area contributed by atoms with Gasteiger partial charge in [-0.25, -0.2) is 0 Å². The summed E-state index contributed by atoms with van der Waals surface area (Å²) in [7, 11) is 0. The Kier molecular flexibility index (Phi) is 7.75. The van der Waals surface area contributed by atoms with Gasteiger partial charge >= 0.3 is 0 Å².